The highest BCUT2D eigenvalue weighted by molar-refractivity contribution is 7.22. The van der Waals surface area contributed by atoms with Crippen LogP contribution in [0.2, 0.25) is 0 Å². The van der Waals surface area contributed by atoms with E-state index < -0.39 is 0 Å². The number of benzene rings is 3. The van der Waals surface area contributed by atoms with Crippen LogP contribution < -0.4 is 23.7 Å². The summed E-state index contributed by atoms with van der Waals surface area (Å²) in [5.74, 6) is 2.89. The monoisotopic (exact) mass is 520 g/mol. The molecule has 0 aliphatic rings. The molecule has 0 amide bonds. The van der Waals surface area contributed by atoms with Crippen LogP contribution in [0.25, 0.3) is 20.5 Å². The molecule has 194 valence electrons. The summed E-state index contributed by atoms with van der Waals surface area (Å²) < 4.78 is 29.6. The van der Waals surface area contributed by atoms with E-state index in [4.69, 9.17) is 23.7 Å². The van der Waals surface area contributed by atoms with Crippen LogP contribution in [0, 0.1) is 0 Å². The Kier molecular flexibility index (Phi) is 8.56. The van der Waals surface area contributed by atoms with Crippen LogP contribution in [0.5, 0.6) is 28.7 Å². The summed E-state index contributed by atoms with van der Waals surface area (Å²) in [6, 6.07) is 17.1. The predicted octanol–water partition coefficient (Wildman–Crippen LogP) is 7.40. The highest BCUT2D eigenvalue weighted by Gasteiger charge is 2.25. The molecular weight excluding hydrogens is 488 g/mol. The van der Waals surface area contributed by atoms with Gasteiger partial charge in [-0.2, -0.15) is 0 Å². The van der Waals surface area contributed by atoms with Gasteiger partial charge < -0.3 is 23.7 Å². The molecule has 0 fully saturated rings. The van der Waals surface area contributed by atoms with Crippen LogP contribution in [-0.4, -0.2) is 39.3 Å². The standard InChI is InChI=1S/C30H32O6S/c1-6-33-21-12-10-19(11-13-21)30-27(23-15-14-22(32-5)18-26(23)37-30)28(31)20-16-24(34-7-2)29(36-9-4)25(17-20)35-8-3/h10-18H,6-9H2,1-5H3. The molecule has 0 unspecified atom stereocenters. The van der Waals surface area contributed by atoms with Crippen molar-refractivity contribution in [3.63, 3.8) is 0 Å². The Labute approximate surface area is 221 Å². The van der Waals surface area contributed by atoms with Crippen LogP contribution in [-0.2, 0) is 0 Å². The lowest BCUT2D eigenvalue weighted by Crippen LogP contribution is -2.07. The number of methoxy groups -OCH3 is 1. The molecular formula is C30H32O6S. The summed E-state index contributed by atoms with van der Waals surface area (Å²) in [7, 11) is 1.64. The minimum Gasteiger partial charge on any atom is -0.497 e. The number of ketones is 1. The van der Waals surface area contributed by atoms with Gasteiger partial charge in [-0.3, -0.25) is 4.79 Å². The lowest BCUT2D eigenvalue weighted by atomic mass is 9.97. The third-order valence-corrected chi connectivity index (χ3v) is 6.92. The Morgan fingerprint density at radius 3 is 1.89 bits per heavy atom. The maximum Gasteiger partial charge on any atom is 0.203 e. The molecule has 0 saturated carbocycles. The van der Waals surface area contributed by atoms with Crippen molar-refractivity contribution < 1.29 is 28.5 Å². The SMILES string of the molecule is CCOc1ccc(-c2sc3cc(OC)ccc3c2C(=O)c2cc(OCC)c(OCC)c(OCC)c2)cc1. The Hall–Kier alpha value is -3.71. The van der Waals surface area contributed by atoms with E-state index in [2.05, 4.69) is 0 Å². The van der Waals surface area contributed by atoms with Gasteiger partial charge in [-0.1, -0.05) is 0 Å². The highest BCUT2D eigenvalue weighted by Crippen LogP contribution is 2.44. The van der Waals surface area contributed by atoms with Gasteiger partial charge >= 0.3 is 0 Å². The van der Waals surface area contributed by atoms with E-state index in [0.717, 1.165) is 32.0 Å². The molecule has 6 nitrogen and oxygen atoms in total. The minimum atomic E-state index is -0.120. The van der Waals surface area contributed by atoms with E-state index in [9.17, 15) is 4.79 Å². The van der Waals surface area contributed by atoms with Crippen molar-refractivity contribution in [3.8, 4) is 39.2 Å². The van der Waals surface area contributed by atoms with Gasteiger partial charge in [0.1, 0.15) is 11.5 Å². The number of fused-ring (bicyclic) bond motifs is 1. The smallest absolute Gasteiger partial charge is 0.203 e. The fourth-order valence-electron chi connectivity index (χ4n) is 4.17. The maximum atomic E-state index is 14.2. The molecule has 0 aliphatic heterocycles. The van der Waals surface area contributed by atoms with Crippen molar-refractivity contribution in [2.45, 2.75) is 27.7 Å². The average molecular weight is 521 g/mol. The van der Waals surface area contributed by atoms with E-state index in [1.54, 1.807) is 30.6 Å². The van der Waals surface area contributed by atoms with Gasteiger partial charge in [-0.15, -0.1) is 11.3 Å². The summed E-state index contributed by atoms with van der Waals surface area (Å²) in [6.07, 6.45) is 0. The fourth-order valence-corrected chi connectivity index (χ4v) is 5.40. The molecule has 0 saturated heterocycles. The second-order valence-corrected chi connectivity index (χ2v) is 9.11. The lowest BCUT2D eigenvalue weighted by molar-refractivity contribution is 0.104. The lowest BCUT2D eigenvalue weighted by Gasteiger charge is -2.17. The van der Waals surface area contributed by atoms with E-state index in [0.29, 0.717) is 54.8 Å². The molecule has 0 N–H and O–H groups in total. The van der Waals surface area contributed by atoms with Crippen molar-refractivity contribution in [2.75, 3.05) is 33.5 Å². The largest absolute Gasteiger partial charge is 0.497 e. The van der Waals surface area contributed by atoms with Gasteiger partial charge in [0.2, 0.25) is 5.75 Å². The Balaban J connectivity index is 1.90. The third-order valence-electron chi connectivity index (χ3n) is 5.72. The second-order valence-electron chi connectivity index (χ2n) is 8.06. The van der Waals surface area contributed by atoms with Gasteiger partial charge in [-0.25, -0.2) is 0 Å². The second kappa shape index (κ2) is 12.0. The highest BCUT2D eigenvalue weighted by atomic mass is 32.1. The molecule has 0 atom stereocenters. The van der Waals surface area contributed by atoms with Gasteiger partial charge in [0.05, 0.1) is 33.5 Å². The third kappa shape index (κ3) is 5.52. The average Bonchev–Trinajstić information content (AvgIpc) is 3.29. The zero-order valence-corrected chi connectivity index (χ0v) is 22.7. The van der Waals surface area contributed by atoms with Gasteiger partial charge in [-0.05, 0) is 87.9 Å². The van der Waals surface area contributed by atoms with Crippen molar-refractivity contribution in [1.29, 1.82) is 0 Å². The molecule has 37 heavy (non-hydrogen) atoms. The number of hydrogen-bond acceptors (Lipinski definition) is 7. The van der Waals surface area contributed by atoms with E-state index >= 15 is 0 Å². The molecule has 7 heteroatoms. The quantitative estimate of drug-likeness (QED) is 0.181. The summed E-state index contributed by atoms with van der Waals surface area (Å²) in [5, 5.41) is 0.865. The van der Waals surface area contributed by atoms with Crippen molar-refractivity contribution >= 4 is 27.2 Å². The Bertz CT molecular complexity index is 1350. The number of thiophene rings is 1. The van der Waals surface area contributed by atoms with Crippen molar-refractivity contribution in [3.05, 3.63) is 65.7 Å². The first-order chi connectivity index (χ1) is 18.0. The van der Waals surface area contributed by atoms with E-state index in [1.807, 2.05) is 70.2 Å². The first-order valence-corrected chi connectivity index (χ1v) is 13.3. The Morgan fingerprint density at radius 2 is 1.32 bits per heavy atom. The first-order valence-electron chi connectivity index (χ1n) is 12.5. The van der Waals surface area contributed by atoms with E-state index in [-0.39, 0.29) is 5.78 Å². The number of carbonyl (C=O) groups excluding carboxylic acids is 1. The first kappa shape index (κ1) is 26.4. The minimum absolute atomic E-state index is 0.120. The van der Waals surface area contributed by atoms with Crippen LogP contribution >= 0.6 is 11.3 Å². The normalized spacial score (nSPS) is 10.8. The predicted molar refractivity (Wildman–Crippen MR) is 148 cm³/mol. The molecule has 0 bridgehead atoms. The van der Waals surface area contributed by atoms with Crippen LogP contribution in [0.15, 0.2) is 54.6 Å². The summed E-state index contributed by atoms with van der Waals surface area (Å²) in [4.78, 5) is 15.1. The zero-order valence-electron chi connectivity index (χ0n) is 21.9. The topological polar surface area (TPSA) is 63.2 Å². The van der Waals surface area contributed by atoms with Crippen LogP contribution in [0.4, 0.5) is 0 Å². The number of rotatable bonds is 12. The van der Waals surface area contributed by atoms with Crippen molar-refractivity contribution in [2.24, 2.45) is 0 Å². The molecule has 1 aromatic heterocycles. The number of ether oxygens (including phenoxy) is 5. The molecule has 4 aromatic rings. The summed E-state index contributed by atoms with van der Waals surface area (Å²) >= 11 is 1.56. The van der Waals surface area contributed by atoms with Gasteiger partial charge in [0, 0.05) is 26.1 Å². The summed E-state index contributed by atoms with van der Waals surface area (Å²) in [5.41, 5.74) is 2.03. The van der Waals surface area contributed by atoms with Crippen molar-refractivity contribution in [1.82, 2.24) is 0 Å². The van der Waals surface area contributed by atoms with Gasteiger partial charge in [0.15, 0.2) is 17.3 Å². The number of hydrogen-bond donors (Lipinski definition) is 0. The molecule has 0 radical (unpaired) electrons. The van der Waals surface area contributed by atoms with Gasteiger partial charge in [0.25, 0.3) is 0 Å². The Morgan fingerprint density at radius 1 is 0.730 bits per heavy atom. The molecule has 0 aliphatic carbocycles. The fraction of sp³-hybridized carbons (Fsp3) is 0.300. The zero-order chi connectivity index (χ0) is 26.4. The molecule has 3 aromatic carbocycles. The molecule has 1 heterocycles. The van der Waals surface area contributed by atoms with Crippen LogP contribution in [0.3, 0.4) is 0 Å². The number of carbonyl (C=O) groups is 1. The van der Waals surface area contributed by atoms with Crippen LogP contribution in [0.1, 0.15) is 43.6 Å². The molecule has 4 rings (SSSR count). The molecule has 0 spiro atoms. The van der Waals surface area contributed by atoms with E-state index in [1.165, 1.54) is 0 Å². The maximum absolute atomic E-state index is 14.2. The summed E-state index contributed by atoms with van der Waals surface area (Å²) in [6.45, 7) is 9.56.